The van der Waals surface area contributed by atoms with E-state index in [4.69, 9.17) is 11.6 Å². The smallest absolute Gasteiger partial charge is 0.276 e. The van der Waals surface area contributed by atoms with E-state index in [-0.39, 0.29) is 5.91 Å². The molecule has 0 radical (unpaired) electrons. The van der Waals surface area contributed by atoms with Crippen LogP contribution in [0.15, 0.2) is 36.5 Å². The molecule has 2 rings (SSSR count). The number of amides is 1. The Balaban J connectivity index is 2.08. The van der Waals surface area contributed by atoms with E-state index in [0.29, 0.717) is 16.4 Å². The quantitative estimate of drug-likeness (QED) is 0.909. The summed E-state index contributed by atoms with van der Waals surface area (Å²) in [7, 11) is 0. The lowest BCUT2D eigenvalue weighted by Crippen LogP contribution is -2.13. The third-order valence-corrected chi connectivity index (χ3v) is 2.55. The van der Waals surface area contributed by atoms with E-state index in [9.17, 15) is 4.79 Å². The maximum absolute atomic E-state index is 11.8. The maximum atomic E-state index is 11.8. The fourth-order valence-corrected chi connectivity index (χ4v) is 1.51. The number of benzene rings is 1. The number of carbonyl (C=O) groups excluding carboxylic acids is 1. The molecule has 1 aromatic carbocycles. The molecule has 1 aromatic heterocycles. The average molecular weight is 250 g/mol. The molecular weight excluding hydrogens is 238 g/mol. The second kappa shape index (κ2) is 5.01. The van der Waals surface area contributed by atoms with Crippen LogP contribution in [-0.4, -0.2) is 15.7 Å². The van der Waals surface area contributed by atoms with Gasteiger partial charge in [-0.15, -0.1) is 0 Å². The van der Waals surface area contributed by atoms with Gasteiger partial charge in [-0.2, -0.15) is 5.10 Å². The van der Waals surface area contributed by atoms with Crippen LogP contribution in [0, 0.1) is 0 Å². The van der Waals surface area contributed by atoms with Crippen LogP contribution in [0.3, 0.4) is 0 Å². The molecule has 0 atom stereocenters. The number of rotatable bonds is 3. The third kappa shape index (κ3) is 2.85. The van der Waals surface area contributed by atoms with E-state index in [1.807, 2.05) is 6.92 Å². The van der Waals surface area contributed by atoms with E-state index < -0.39 is 0 Å². The van der Waals surface area contributed by atoms with Gasteiger partial charge in [0, 0.05) is 23.5 Å². The standard InChI is InChI=1S/C12H12ClN3O/c1-2-16-8-7-11(15-16)12(17)14-10-5-3-9(13)4-6-10/h3-8H,2H2,1H3,(H,14,17). The van der Waals surface area contributed by atoms with Crippen molar-refractivity contribution in [1.82, 2.24) is 9.78 Å². The summed E-state index contributed by atoms with van der Waals surface area (Å²) < 4.78 is 1.71. The Kier molecular flexibility index (Phi) is 3.44. The second-order valence-electron chi connectivity index (χ2n) is 3.52. The van der Waals surface area contributed by atoms with Crippen LogP contribution >= 0.6 is 11.6 Å². The summed E-state index contributed by atoms with van der Waals surface area (Å²) in [6.45, 7) is 2.71. The molecule has 2 aromatic rings. The molecule has 0 unspecified atom stereocenters. The maximum Gasteiger partial charge on any atom is 0.276 e. The number of hydrogen-bond acceptors (Lipinski definition) is 2. The van der Waals surface area contributed by atoms with Crippen molar-refractivity contribution in [3.63, 3.8) is 0 Å². The SMILES string of the molecule is CCn1ccc(C(=O)Nc2ccc(Cl)cc2)n1. The summed E-state index contributed by atoms with van der Waals surface area (Å²) in [4.78, 5) is 11.8. The Labute approximate surface area is 104 Å². The molecule has 1 N–H and O–H groups in total. The number of aryl methyl sites for hydroxylation is 1. The molecule has 0 aliphatic heterocycles. The molecule has 0 saturated heterocycles. The average Bonchev–Trinajstić information content (AvgIpc) is 2.81. The van der Waals surface area contributed by atoms with Crippen LogP contribution in [0.1, 0.15) is 17.4 Å². The molecule has 1 amide bonds. The van der Waals surface area contributed by atoms with Crippen LogP contribution in [0.2, 0.25) is 5.02 Å². The number of nitrogens with zero attached hydrogens (tertiary/aromatic N) is 2. The predicted octanol–water partition coefficient (Wildman–Crippen LogP) is 2.81. The summed E-state index contributed by atoms with van der Waals surface area (Å²) in [5.74, 6) is -0.223. The Hall–Kier alpha value is -1.81. The zero-order valence-electron chi connectivity index (χ0n) is 9.35. The number of anilines is 1. The van der Waals surface area contributed by atoms with Gasteiger partial charge in [-0.3, -0.25) is 9.48 Å². The van der Waals surface area contributed by atoms with Crippen LogP contribution < -0.4 is 5.32 Å². The van der Waals surface area contributed by atoms with Crippen LogP contribution in [0.4, 0.5) is 5.69 Å². The largest absolute Gasteiger partial charge is 0.321 e. The van der Waals surface area contributed by atoms with Gasteiger partial charge in [0.05, 0.1) is 0 Å². The summed E-state index contributed by atoms with van der Waals surface area (Å²) >= 11 is 5.76. The van der Waals surface area contributed by atoms with Gasteiger partial charge in [0.25, 0.3) is 5.91 Å². The minimum Gasteiger partial charge on any atom is -0.321 e. The fraction of sp³-hybridized carbons (Fsp3) is 0.167. The highest BCUT2D eigenvalue weighted by Crippen LogP contribution is 2.14. The molecule has 5 heteroatoms. The zero-order valence-corrected chi connectivity index (χ0v) is 10.1. The van der Waals surface area contributed by atoms with E-state index >= 15 is 0 Å². The summed E-state index contributed by atoms with van der Waals surface area (Å²) in [5.41, 5.74) is 1.10. The predicted molar refractivity (Wildman–Crippen MR) is 67.3 cm³/mol. The summed E-state index contributed by atoms with van der Waals surface area (Å²) in [5, 5.41) is 7.51. The Morgan fingerprint density at radius 1 is 1.35 bits per heavy atom. The molecule has 0 saturated carbocycles. The molecule has 0 aliphatic carbocycles. The van der Waals surface area contributed by atoms with E-state index in [1.54, 1.807) is 41.2 Å². The van der Waals surface area contributed by atoms with Gasteiger partial charge in [-0.05, 0) is 37.3 Å². The Morgan fingerprint density at radius 3 is 2.65 bits per heavy atom. The number of nitrogens with one attached hydrogen (secondary N) is 1. The van der Waals surface area contributed by atoms with Crippen LogP contribution in [0.5, 0.6) is 0 Å². The molecule has 0 fully saturated rings. The molecule has 0 aliphatic rings. The van der Waals surface area contributed by atoms with Gasteiger partial charge < -0.3 is 5.32 Å². The van der Waals surface area contributed by atoms with Crippen LogP contribution in [-0.2, 0) is 6.54 Å². The van der Waals surface area contributed by atoms with E-state index in [0.717, 1.165) is 6.54 Å². The monoisotopic (exact) mass is 249 g/mol. The molecular formula is C12H12ClN3O. The van der Waals surface area contributed by atoms with Gasteiger partial charge in [0.2, 0.25) is 0 Å². The van der Waals surface area contributed by atoms with Gasteiger partial charge in [-0.1, -0.05) is 11.6 Å². The van der Waals surface area contributed by atoms with E-state index in [2.05, 4.69) is 10.4 Å². The number of carbonyl (C=O) groups is 1. The van der Waals surface area contributed by atoms with Crippen LogP contribution in [0.25, 0.3) is 0 Å². The highest BCUT2D eigenvalue weighted by Gasteiger charge is 2.09. The Morgan fingerprint density at radius 2 is 2.06 bits per heavy atom. The first-order valence-corrected chi connectivity index (χ1v) is 5.67. The first-order valence-electron chi connectivity index (χ1n) is 5.29. The molecule has 0 spiro atoms. The van der Waals surface area contributed by atoms with Crippen molar-refractivity contribution >= 4 is 23.2 Å². The highest BCUT2D eigenvalue weighted by atomic mass is 35.5. The Bertz CT molecular complexity index is 519. The normalized spacial score (nSPS) is 10.2. The lowest BCUT2D eigenvalue weighted by Gasteiger charge is -2.02. The molecule has 4 nitrogen and oxygen atoms in total. The van der Waals surface area contributed by atoms with Gasteiger partial charge >= 0.3 is 0 Å². The van der Waals surface area contributed by atoms with Crippen molar-refractivity contribution in [2.45, 2.75) is 13.5 Å². The van der Waals surface area contributed by atoms with Crippen molar-refractivity contribution in [3.8, 4) is 0 Å². The van der Waals surface area contributed by atoms with Crippen molar-refractivity contribution < 1.29 is 4.79 Å². The summed E-state index contributed by atoms with van der Waals surface area (Å²) in [6.07, 6.45) is 1.77. The molecule has 0 bridgehead atoms. The zero-order chi connectivity index (χ0) is 12.3. The number of halogens is 1. The third-order valence-electron chi connectivity index (χ3n) is 2.30. The van der Waals surface area contributed by atoms with Crippen molar-refractivity contribution in [2.24, 2.45) is 0 Å². The lowest BCUT2D eigenvalue weighted by molar-refractivity contribution is 0.102. The van der Waals surface area contributed by atoms with Gasteiger partial charge in [0.15, 0.2) is 5.69 Å². The van der Waals surface area contributed by atoms with E-state index in [1.165, 1.54) is 0 Å². The highest BCUT2D eigenvalue weighted by molar-refractivity contribution is 6.30. The summed E-state index contributed by atoms with van der Waals surface area (Å²) in [6, 6.07) is 8.63. The first kappa shape index (κ1) is 11.7. The van der Waals surface area contributed by atoms with Gasteiger partial charge in [0.1, 0.15) is 0 Å². The minimum atomic E-state index is -0.223. The molecule has 88 valence electrons. The first-order chi connectivity index (χ1) is 8.19. The molecule has 17 heavy (non-hydrogen) atoms. The molecule has 1 heterocycles. The van der Waals surface area contributed by atoms with Crippen molar-refractivity contribution in [2.75, 3.05) is 5.32 Å². The number of hydrogen-bond donors (Lipinski definition) is 1. The minimum absolute atomic E-state index is 0.223. The number of aromatic nitrogens is 2. The lowest BCUT2D eigenvalue weighted by atomic mass is 10.3. The second-order valence-corrected chi connectivity index (χ2v) is 3.95. The van der Waals surface area contributed by atoms with Crippen molar-refractivity contribution in [1.29, 1.82) is 0 Å². The van der Waals surface area contributed by atoms with Gasteiger partial charge in [-0.25, -0.2) is 0 Å². The fourth-order valence-electron chi connectivity index (χ4n) is 1.39. The van der Waals surface area contributed by atoms with Crippen molar-refractivity contribution in [3.05, 3.63) is 47.2 Å². The topological polar surface area (TPSA) is 46.9 Å².